The maximum atomic E-state index is 6.43. The summed E-state index contributed by atoms with van der Waals surface area (Å²) in [7, 11) is 0. The number of rotatable bonds is 3. The summed E-state index contributed by atoms with van der Waals surface area (Å²) < 4.78 is 0. The number of nitrogens with zero attached hydrogens (tertiary/aromatic N) is 1. The second-order valence-corrected chi connectivity index (χ2v) is 5.89. The summed E-state index contributed by atoms with van der Waals surface area (Å²) in [6, 6.07) is 9.19. The van der Waals surface area contributed by atoms with Gasteiger partial charge in [-0.3, -0.25) is 0 Å². The van der Waals surface area contributed by atoms with Gasteiger partial charge in [0.2, 0.25) is 0 Å². The van der Waals surface area contributed by atoms with Gasteiger partial charge in [-0.25, -0.2) is 0 Å². The Hall–Kier alpha value is -1.02. The summed E-state index contributed by atoms with van der Waals surface area (Å²) in [6.45, 7) is 2.22. The molecule has 0 amide bonds. The van der Waals surface area contributed by atoms with Gasteiger partial charge in [0.25, 0.3) is 0 Å². The average molecular weight is 244 g/mol. The molecule has 98 valence electrons. The van der Waals surface area contributed by atoms with Crippen molar-refractivity contribution in [3.8, 4) is 0 Å². The topological polar surface area (TPSA) is 29.3 Å². The molecule has 1 heterocycles. The molecule has 0 aromatic heterocycles. The SMILES string of the molecule is NC(CN1CCCc2ccccc21)C1CCCC1. The zero-order valence-corrected chi connectivity index (χ0v) is 11.1. The van der Waals surface area contributed by atoms with Crippen LogP contribution in [0.15, 0.2) is 24.3 Å². The van der Waals surface area contributed by atoms with Crippen LogP contribution >= 0.6 is 0 Å². The van der Waals surface area contributed by atoms with Crippen LogP contribution in [0.5, 0.6) is 0 Å². The van der Waals surface area contributed by atoms with E-state index in [0.29, 0.717) is 6.04 Å². The van der Waals surface area contributed by atoms with Crippen LogP contribution < -0.4 is 10.6 Å². The Kier molecular flexibility index (Phi) is 3.55. The molecule has 2 N–H and O–H groups in total. The summed E-state index contributed by atoms with van der Waals surface area (Å²) in [6.07, 6.45) is 7.96. The van der Waals surface area contributed by atoms with Gasteiger partial charge in [-0.1, -0.05) is 31.0 Å². The maximum Gasteiger partial charge on any atom is 0.0399 e. The van der Waals surface area contributed by atoms with Crippen LogP contribution in [0.4, 0.5) is 5.69 Å². The monoisotopic (exact) mass is 244 g/mol. The lowest BCUT2D eigenvalue weighted by Gasteiger charge is -2.34. The fraction of sp³-hybridized carbons (Fsp3) is 0.625. The maximum absolute atomic E-state index is 6.43. The minimum absolute atomic E-state index is 0.360. The molecule has 0 bridgehead atoms. The highest BCUT2D eigenvalue weighted by molar-refractivity contribution is 5.55. The molecule has 0 radical (unpaired) electrons. The number of nitrogens with two attached hydrogens (primary N) is 1. The molecule has 1 atom stereocenters. The number of anilines is 1. The smallest absolute Gasteiger partial charge is 0.0399 e. The summed E-state index contributed by atoms with van der Waals surface area (Å²) in [5.74, 6) is 0.763. The van der Waals surface area contributed by atoms with E-state index in [-0.39, 0.29) is 0 Å². The number of hydrogen-bond acceptors (Lipinski definition) is 2. The van der Waals surface area contributed by atoms with Crippen molar-refractivity contribution in [2.45, 2.75) is 44.6 Å². The van der Waals surface area contributed by atoms with E-state index in [0.717, 1.165) is 12.5 Å². The standard InChI is InChI=1S/C16H24N2/c17-15(13-6-1-2-7-13)12-18-11-5-9-14-8-3-4-10-16(14)18/h3-4,8,10,13,15H,1-2,5-7,9,11-12,17H2. The largest absolute Gasteiger partial charge is 0.370 e. The molecule has 1 aromatic rings. The molecule has 2 heteroatoms. The molecule has 1 aromatic carbocycles. The van der Waals surface area contributed by atoms with Gasteiger partial charge in [0.1, 0.15) is 0 Å². The summed E-state index contributed by atoms with van der Waals surface area (Å²) in [4.78, 5) is 2.52. The van der Waals surface area contributed by atoms with Gasteiger partial charge in [-0.05, 0) is 43.2 Å². The van der Waals surface area contributed by atoms with Crippen LogP contribution in [0.3, 0.4) is 0 Å². The summed E-state index contributed by atoms with van der Waals surface area (Å²) >= 11 is 0. The number of fused-ring (bicyclic) bond motifs is 1. The van der Waals surface area contributed by atoms with Crippen molar-refractivity contribution in [3.63, 3.8) is 0 Å². The first-order valence-electron chi connectivity index (χ1n) is 7.43. The van der Waals surface area contributed by atoms with Crippen LogP contribution in [0.25, 0.3) is 0 Å². The molecule has 1 aliphatic carbocycles. The number of aryl methyl sites for hydroxylation is 1. The van der Waals surface area contributed by atoms with Gasteiger partial charge < -0.3 is 10.6 Å². The van der Waals surface area contributed by atoms with E-state index in [4.69, 9.17) is 5.73 Å². The minimum atomic E-state index is 0.360. The van der Waals surface area contributed by atoms with Crippen LogP contribution in [0.1, 0.15) is 37.7 Å². The highest BCUT2D eigenvalue weighted by Gasteiger charge is 2.25. The average Bonchev–Trinajstić information content (AvgIpc) is 2.93. The lowest BCUT2D eigenvalue weighted by molar-refractivity contribution is 0.424. The molecule has 1 aliphatic heterocycles. The summed E-state index contributed by atoms with van der Waals surface area (Å²) in [5.41, 5.74) is 9.36. The van der Waals surface area contributed by atoms with Gasteiger partial charge in [-0.15, -0.1) is 0 Å². The lowest BCUT2D eigenvalue weighted by Crippen LogP contribution is -2.43. The third-order valence-electron chi connectivity index (χ3n) is 4.64. The Morgan fingerprint density at radius 1 is 1.17 bits per heavy atom. The predicted molar refractivity (Wildman–Crippen MR) is 76.9 cm³/mol. The number of benzene rings is 1. The van der Waals surface area contributed by atoms with Crippen molar-refractivity contribution in [1.82, 2.24) is 0 Å². The predicted octanol–water partition coefficient (Wildman–Crippen LogP) is 2.96. The van der Waals surface area contributed by atoms with Gasteiger partial charge in [0.05, 0.1) is 0 Å². The fourth-order valence-corrected chi connectivity index (χ4v) is 3.59. The van der Waals surface area contributed by atoms with Crippen LogP contribution in [0, 0.1) is 5.92 Å². The third kappa shape index (κ3) is 2.39. The highest BCUT2D eigenvalue weighted by atomic mass is 15.1. The molecule has 3 rings (SSSR count). The van der Waals surface area contributed by atoms with Crippen LogP contribution in [0.2, 0.25) is 0 Å². The van der Waals surface area contributed by atoms with Crippen molar-refractivity contribution in [1.29, 1.82) is 0 Å². The van der Waals surface area contributed by atoms with Gasteiger partial charge in [0, 0.05) is 24.8 Å². The second kappa shape index (κ2) is 5.31. The zero-order valence-electron chi connectivity index (χ0n) is 11.1. The van der Waals surface area contributed by atoms with E-state index < -0.39 is 0 Å². The highest BCUT2D eigenvalue weighted by Crippen LogP contribution is 2.30. The Bertz CT molecular complexity index is 396. The molecule has 1 saturated carbocycles. The van der Waals surface area contributed by atoms with E-state index in [1.807, 2.05) is 0 Å². The van der Waals surface area contributed by atoms with Crippen molar-refractivity contribution < 1.29 is 0 Å². The minimum Gasteiger partial charge on any atom is -0.370 e. The molecular weight excluding hydrogens is 220 g/mol. The van der Waals surface area contributed by atoms with Gasteiger partial charge in [0.15, 0.2) is 0 Å². The van der Waals surface area contributed by atoms with Gasteiger partial charge in [-0.2, -0.15) is 0 Å². The van der Waals surface area contributed by atoms with E-state index >= 15 is 0 Å². The second-order valence-electron chi connectivity index (χ2n) is 5.89. The normalized spacial score (nSPS) is 21.9. The Balaban J connectivity index is 1.70. The molecule has 2 nitrogen and oxygen atoms in total. The van der Waals surface area contributed by atoms with E-state index in [9.17, 15) is 0 Å². The van der Waals surface area contributed by atoms with Gasteiger partial charge >= 0.3 is 0 Å². The molecule has 18 heavy (non-hydrogen) atoms. The zero-order chi connectivity index (χ0) is 12.4. The first-order chi connectivity index (χ1) is 8.84. The molecule has 1 fully saturated rings. The third-order valence-corrected chi connectivity index (χ3v) is 4.64. The van der Waals surface area contributed by atoms with Crippen molar-refractivity contribution in [2.75, 3.05) is 18.0 Å². The molecule has 1 unspecified atom stereocenters. The quantitative estimate of drug-likeness (QED) is 0.885. The first kappa shape index (κ1) is 12.0. The number of para-hydroxylation sites is 1. The lowest BCUT2D eigenvalue weighted by atomic mass is 9.96. The van der Waals surface area contributed by atoms with Crippen LogP contribution in [-0.4, -0.2) is 19.1 Å². The molecule has 0 saturated heterocycles. The first-order valence-corrected chi connectivity index (χ1v) is 7.43. The Morgan fingerprint density at radius 3 is 2.78 bits per heavy atom. The number of hydrogen-bond donors (Lipinski definition) is 1. The molecule has 0 spiro atoms. The molecule has 2 aliphatic rings. The van der Waals surface area contributed by atoms with Crippen molar-refractivity contribution in [3.05, 3.63) is 29.8 Å². The summed E-state index contributed by atoms with van der Waals surface area (Å²) in [5, 5.41) is 0. The fourth-order valence-electron chi connectivity index (χ4n) is 3.59. The Morgan fingerprint density at radius 2 is 1.94 bits per heavy atom. The van der Waals surface area contributed by atoms with E-state index in [2.05, 4.69) is 29.2 Å². The van der Waals surface area contributed by atoms with E-state index in [1.54, 1.807) is 0 Å². The van der Waals surface area contributed by atoms with Crippen LogP contribution in [-0.2, 0) is 6.42 Å². The van der Waals surface area contributed by atoms with E-state index in [1.165, 1.54) is 56.3 Å². The Labute approximate surface area is 110 Å². The van der Waals surface area contributed by atoms with Crippen molar-refractivity contribution in [2.24, 2.45) is 11.7 Å². The molecular formula is C16H24N2. The van der Waals surface area contributed by atoms with Crippen molar-refractivity contribution >= 4 is 5.69 Å².